The first kappa shape index (κ1) is 20.8. The number of likely N-dealkylation sites (tertiary alicyclic amines) is 1. The zero-order valence-electron chi connectivity index (χ0n) is 16.7. The molecule has 1 aliphatic rings. The Hall–Kier alpha value is -3.45. The second-order valence-electron chi connectivity index (χ2n) is 7.11. The molecule has 2 aromatic carbocycles. The van der Waals surface area contributed by atoms with E-state index in [9.17, 15) is 19.1 Å². The predicted molar refractivity (Wildman–Crippen MR) is 116 cm³/mol. The number of carbonyl (C=O) groups excluding carboxylic acids is 2. The molecule has 4 rings (SSSR count). The molecular weight excluding hydrogens is 417 g/mol. The van der Waals surface area contributed by atoms with Gasteiger partial charge >= 0.3 is 0 Å². The van der Waals surface area contributed by atoms with Crippen molar-refractivity contribution in [2.24, 2.45) is 0 Å². The van der Waals surface area contributed by atoms with Crippen molar-refractivity contribution >= 4 is 28.8 Å². The first-order chi connectivity index (χ1) is 15.0. The van der Waals surface area contributed by atoms with E-state index in [1.807, 2.05) is 17.5 Å². The van der Waals surface area contributed by atoms with E-state index < -0.39 is 17.7 Å². The number of nitrogens with zero attached hydrogens (tertiary/aromatic N) is 1. The Kier molecular flexibility index (Phi) is 5.86. The minimum absolute atomic E-state index is 0.0664. The van der Waals surface area contributed by atoms with Crippen LogP contribution in [0.3, 0.4) is 0 Å². The molecule has 0 bridgehead atoms. The molecule has 158 valence electrons. The smallest absolute Gasteiger partial charge is 0.295 e. The molecular formula is C24H20FNO4S. The van der Waals surface area contributed by atoms with Gasteiger partial charge in [0, 0.05) is 17.0 Å². The summed E-state index contributed by atoms with van der Waals surface area (Å²) in [5, 5.41) is 12.8. The Bertz CT molecular complexity index is 1120. The van der Waals surface area contributed by atoms with Gasteiger partial charge in [0.2, 0.25) is 0 Å². The number of carbonyl (C=O) groups is 2. The molecule has 2 heterocycles. The van der Waals surface area contributed by atoms with Gasteiger partial charge in [-0.05, 0) is 59.8 Å². The van der Waals surface area contributed by atoms with Crippen LogP contribution in [0.25, 0.3) is 5.76 Å². The van der Waals surface area contributed by atoms with Gasteiger partial charge in [0.1, 0.15) is 17.3 Å². The van der Waals surface area contributed by atoms with E-state index in [0.29, 0.717) is 17.7 Å². The highest BCUT2D eigenvalue weighted by molar-refractivity contribution is 7.10. The summed E-state index contributed by atoms with van der Waals surface area (Å²) in [4.78, 5) is 28.1. The van der Waals surface area contributed by atoms with E-state index >= 15 is 0 Å². The molecule has 1 atom stereocenters. The highest BCUT2D eigenvalue weighted by Gasteiger charge is 2.46. The second kappa shape index (κ2) is 8.73. The number of methoxy groups -OCH3 is 1. The maximum Gasteiger partial charge on any atom is 0.295 e. The molecule has 1 fully saturated rings. The van der Waals surface area contributed by atoms with Gasteiger partial charge in [0.15, 0.2) is 0 Å². The number of Topliss-reactive ketones (excluding diaryl/α,β-unsaturated/α-hetero) is 1. The summed E-state index contributed by atoms with van der Waals surface area (Å²) in [6, 6.07) is 15.7. The number of aliphatic hydroxyl groups excluding tert-OH is 1. The quantitative estimate of drug-likeness (QED) is 0.349. The normalized spacial score (nSPS) is 17.9. The van der Waals surface area contributed by atoms with E-state index in [2.05, 4.69) is 0 Å². The van der Waals surface area contributed by atoms with Crippen LogP contribution in [0.2, 0.25) is 0 Å². The van der Waals surface area contributed by atoms with E-state index in [1.54, 1.807) is 36.4 Å². The summed E-state index contributed by atoms with van der Waals surface area (Å²) < 4.78 is 18.3. The number of ether oxygens (including phenoxy) is 1. The first-order valence-electron chi connectivity index (χ1n) is 9.70. The largest absolute Gasteiger partial charge is 0.507 e. The van der Waals surface area contributed by atoms with Crippen molar-refractivity contribution in [3.8, 4) is 5.75 Å². The number of ketones is 1. The molecule has 1 N–H and O–H groups in total. The fourth-order valence-electron chi connectivity index (χ4n) is 3.66. The predicted octanol–water partition coefficient (Wildman–Crippen LogP) is 4.56. The van der Waals surface area contributed by atoms with Crippen LogP contribution < -0.4 is 4.74 Å². The minimum atomic E-state index is -0.717. The first-order valence-corrected chi connectivity index (χ1v) is 10.6. The number of benzene rings is 2. The Morgan fingerprint density at radius 3 is 2.42 bits per heavy atom. The molecule has 7 heteroatoms. The van der Waals surface area contributed by atoms with Crippen molar-refractivity contribution in [3.63, 3.8) is 0 Å². The van der Waals surface area contributed by atoms with Gasteiger partial charge in [-0.3, -0.25) is 9.59 Å². The van der Waals surface area contributed by atoms with E-state index in [-0.39, 0.29) is 23.7 Å². The number of hydrogen-bond donors (Lipinski definition) is 1. The molecule has 1 aromatic heterocycles. The molecule has 31 heavy (non-hydrogen) atoms. The van der Waals surface area contributed by atoms with Crippen molar-refractivity contribution < 1.29 is 23.8 Å². The van der Waals surface area contributed by atoms with Crippen LogP contribution in [-0.4, -0.2) is 35.4 Å². The summed E-state index contributed by atoms with van der Waals surface area (Å²) >= 11 is 1.41. The monoisotopic (exact) mass is 437 g/mol. The molecule has 1 aliphatic heterocycles. The van der Waals surface area contributed by atoms with Gasteiger partial charge in [0.05, 0.1) is 18.7 Å². The maximum absolute atomic E-state index is 13.2. The topological polar surface area (TPSA) is 66.8 Å². The fraction of sp³-hybridized carbons (Fsp3) is 0.167. The molecule has 3 aromatic rings. The second-order valence-corrected chi connectivity index (χ2v) is 8.09. The molecule has 0 radical (unpaired) electrons. The Morgan fingerprint density at radius 1 is 1.10 bits per heavy atom. The number of amides is 1. The Labute approximate surface area is 183 Å². The van der Waals surface area contributed by atoms with Crippen molar-refractivity contribution in [2.75, 3.05) is 13.7 Å². The van der Waals surface area contributed by atoms with Crippen LogP contribution in [0.15, 0.2) is 71.6 Å². The van der Waals surface area contributed by atoms with Gasteiger partial charge in [0.25, 0.3) is 11.7 Å². The standard InChI is InChI=1S/C24H20FNO4S/c1-30-18-10-6-16(7-11-18)22(27)20-21(19-3-2-14-31-19)26(24(29)23(20)28)13-12-15-4-8-17(25)9-5-15/h2-11,14,21,27H,12-13H2,1H3/b22-20-. The summed E-state index contributed by atoms with van der Waals surface area (Å²) in [6.45, 7) is 0.262. The van der Waals surface area contributed by atoms with E-state index in [1.165, 1.54) is 35.5 Å². The highest BCUT2D eigenvalue weighted by Crippen LogP contribution is 2.41. The summed E-state index contributed by atoms with van der Waals surface area (Å²) in [5.41, 5.74) is 1.35. The van der Waals surface area contributed by atoms with Gasteiger partial charge in [-0.25, -0.2) is 4.39 Å². The lowest BCUT2D eigenvalue weighted by Crippen LogP contribution is -2.31. The van der Waals surface area contributed by atoms with E-state index in [0.717, 1.165) is 10.4 Å². The molecule has 0 aliphatic carbocycles. The third kappa shape index (κ3) is 4.09. The molecule has 1 saturated heterocycles. The zero-order chi connectivity index (χ0) is 22.0. The highest BCUT2D eigenvalue weighted by atomic mass is 32.1. The third-order valence-electron chi connectivity index (χ3n) is 5.27. The van der Waals surface area contributed by atoms with Gasteiger partial charge in [-0.2, -0.15) is 0 Å². The minimum Gasteiger partial charge on any atom is -0.507 e. The lowest BCUT2D eigenvalue weighted by molar-refractivity contribution is -0.139. The SMILES string of the molecule is COc1ccc(/C(O)=C2/C(=O)C(=O)N(CCc3ccc(F)cc3)C2c2cccs2)cc1. The van der Waals surface area contributed by atoms with Crippen LogP contribution in [0, 0.1) is 5.82 Å². The summed E-state index contributed by atoms with van der Waals surface area (Å²) in [6.07, 6.45) is 0.456. The fourth-order valence-corrected chi connectivity index (χ4v) is 4.50. The van der Waals surface area contributed by atoms with Crippen LogP contribution in [0.5, 0.6) is 5.75 Å². The van der Waals surface area contributed by atoms with Crippen molar-refractivity contribution in [1.29, 1.82) is 0 Å². The Balaban J connectivity index is 1.71. The van der Waals surface area contributed by atoms with Gasteiger partial charge < -0.3 is 14.7 Å². The maximum atomic E-state index is 13.2. The van der Waals surface area contributed by atoms with Crippen LogP contribution >= 0.6 is 11.3 Å². The van der Waals surface area contributed by atoms with Crippen LogP contribution in [0.4, 0.5) is 4.39 Å². The third-order valence-corrected chi connectivity index (χ3v) is 6.20. The lowest BCUT2D eigenvalue weighted by Gasteiger charge is -2.24. The molecule has 5 nitrogen and oxygen atoms in total. The Morgan fingerprint density at radius 2 is 1.81 bits per heavy atom. The number of thiophene rings is 1. The lowest BCUT2D eigenvalue weighted by atomic mass is 9.99. The number of halogens is 1. The van der Waals surface area contributed by atoms with Crippen LogP contribution in [0.1, 0.15) is 22.0 Å². The number of aliphatic hydroxyl groups is 1. The van der Waals surface area contributed by atoms with Crippen LogP contribution in [-0.2, 0) is 16.0 Å². The average Bonchev–Trinajstić information content (AvgIpc) is 3.40. The molecule has 1 amide bonds. The van der Waals surface area contributed by atoms with Crippen molar-refractivity contribution in [3.05, 3.63) is 93.4 Å². The molecule has 1 unspecified atom stereocenters. The molecule has 0 saturated carbocycles. The summed E-state index contributed by atoms with van der Waals surface area (Å²) in [5.74, 6) is -1.31. The number of hydrogen-bond acceptors (Lipinski definition) is 5. The van der Waals surface area contributed by atoms with E-state index in [4.69, 9.17) is 4.74 Å². The average molecular weight is 437 g/mol. The summed E-state index contributed by atoms with van der Waals surface area (Å²) in [7, 11) is 1.54. The number of rotatable bonds is 6. The van der Waals surface area contributed by atoms with Crippen molar-refractivity contribution in [2.45, 2.75) is 12.5 Å². The zero-order valence-corrected chi connectivity index (χ0v) is 17.6. The van der Waals surface area contributed by atoms with Gasteiger partial charge in [-0.1, -0.05) is 18.2 Å². The van der Waals surface area contributed by atoms with Crippen molar-refractivity contribution in [1.82, 2.24) is 4.90 Å². The van der Waals surface area contributed by atoms with Gasteiger partial charge in [-0.15, -0.1) is 11.3 Å². The molecule has 0 spiro atoms.